The van der Waals surface area contributed by atoms with Gasteiger partial charge in [0, 0.05) is 24.5 Å². The molecule has 0 aliphatic rings. The van der Waals surface area contributed by atoms with Gasteiger partial charge in [-0.05, 0) is 6.92 Å². The van der Waals surface area contributed by atoms with Crippen LogP contribution in [0.15, 0.2) is 0 Å². The number of hydrogen-bond acceptors (Lipinski definition) is 4. The zero-order valence-corrected chi connectivity index (χ0v) is 8.97. The molecule has 0 saturated carbocycles. The van der Waals surface area contributed by atoms with Crippen molar-refractivity contribution < 1.29 is 14.7 Å². The number of aliphatic carboxylic acids is 1. The summed E-state index contributed by atoms with van der Waals surface area (Å²) in [5, 5.41) is 11.1. The van der Waals surface area contributed by atoms with E-state index in [1.165, 1.54) is 11.8 Å². The second-order valence-corrected chi connectivity index (χ2v) is 3.87. The highest BCUT2D eigenvalue weighted by molar-refractivity contribution is 7.99. The van der Waals surface area contributed by atoms with E-state index in [0.717, 1.165) is 0 Å². The first-order chi connectivity index (χ1) is 6.57. The number of hydrogen-bond donors (Lipinski definition) is 3. The molecular formula is C8H16N2O3S. The number of carboxylic acids is 1. The molecule has 1 unspecified atom stereocenters. The Bertz CT molecular complexity index is 199. The molecule has 0 fully saturated rings. The third-order valence-electron chi connectivity index (χ3n) is 1.46. The Morgan fingerprint density at radius 3 is 2.71 bits per heavy atom. The molecule has 0 aliphatic heterocycles. The number of carbonyl (C=O) groups excluding carboxylic acids is 1. The first-order valence-corrected chi connectivity index (χ1v) is 5.56. The Kier molecular flexibility index (Phi) is 7.23. The van der Waals surface area contributed by atoms with Crippen LogP contribution in [0.3, 0.4) is 0 Å². The summed E-state index contributed by atoms with van der Waals surface area (Å²) in [5.41, 5.74) is 5.27. The van der Waals surface area contributed by atoms with Gasteiger partial charge < -0.3 is 16.2 Å². The Labute approximate surface area is 87.4 Å². The number of nitrogens with two attached hydrogens (primary N) is 1. The summed E-state index contributed by atoms with van der Waals surface area (Å²) in [5.74, 6) is -0.0685. The van der Waals surface area contributed by atoms with E-state index in [-0.39, 0.29) is 5.91 Å². The van der Waals surface area contributed by atoms with Gasteiger partial charge in [0.2, 0.25) is 5.91 Å². The molecular weight excluding hydrogens is 204 g/mol. The summed E-state index contributed by atoms with van der Waals surface area (Å²) < 4.78 is 0. The molecule has 0 rings (SSSR count). The Morgan fingerprint density at radius 1 is 1.57 bits per heavy atom. The average molecular weight is 220 g/mol. The van der Waals surface area contributed by atoms with Gasteiger partial charge in [-0.1, -0.05) is 0 Å². The van der Waals surface area contributed by atoms with Crippen LogP contribution in [0.25, 0.3) is 0 Å². The zero-order chi connectivity index (χ0) is 11.0. The molecule has 0 spiro atoms. The molecule has 0 aliphatic carbocycles. The van der Waals surface area contributed by atoms with Gasteiger partial charge in [0.1, 0.15) is 6.04 Å². The predicted molar refractivity (Wildman–Crippen MR) is 56.2 cm³/mol. The lowest BCUT2D eigenvalue weighted by Crippen LogP contribution is -2.32. The fourth-order valence-electron chi connectivity index (χ4n) is 0.732. The third-order valence-corrected chi connectivity index (χ3v) is 2.55. The molecule has 1 atom stereocenters. The maximum Gasteiger partial charge on any atom is 0.321 e. The van der Waals surface area contributed by atoms with E-state index in [2.05, 4.69) is 5.32 Å². The number of carboxylic acid groups (broad SMARTS) is 1. The average Bonchev–Trinajstić information content (AvgIpc) is 2.12. The van der Waals surface area contributed by atoms with Crippen molar-refractivity contribution in [3.63, 3.8) is 0 Å². The SMILES string of the molecule is CCNC(=O)CCSCC(N)C(=O)O. The fourth-order valence-corrected chi connectivity index (χ4v) is 1.62. The molecule has 0 aromatic heterocycles. The second kappa shape index (κ2) is 7.64. The molecule has 4 N–H and O–H groups in total. The maximum atomic E-state index is 10.9. The summed E-state index contributed by atoms with van der Waals surface area (Å²) in [6.45, 7) is 2.48. The van der Waals surface area contributed by atoms with Crippen molar-refractivity contribution in [2.45, 2.75) is 19.4 Å². The van der Waals surface area contributed by atoms with Crippen LogP contribution < -0.4 is 11.1 Å². The topological polar surface area (TPSA) is 92.4 Å². The summed E-state index contributed by atoms with van der Waals surface area (Å²) in [4.78, 5) is 21.3. The van der Waals surface area contributed by atoms with E-state index in [9.17, 15) is 9.59 Å². The van der Waals surface area contributed by atoms with Crippen molar-refractivity contribution in [3.8, 4) is 0 Å². The number of nitrogens with one attached hydrogen (secondary N) is 1. The van der Waals surface area contributed by atoms with Crippen molar-refractivity contribution in [1.82, 2.24) is 5.32 Å². The number of thioether (sulfide) groups is 1. The van der Waals surface area contributed by atoms with Gasteiger partial charge in [0.15, 0.2) is 0 Å². The van der Waals surface area contributed by atoms with Crippen LogP contribution in [-0.4, -0.2) is 41.1 Å². The van der Waals surface area contributed by atoms with E-state index in [1.54, 1.807) is 0 Å². The smallest absolute Gasteiger partial charge is 0.321 e. The molecule has 0 saturated heterocycles. The zero-order valence-electron chi connectivity index (χ0n) is 8.16. The minimum atomic E-state index is -1.00. The summed E-state index contributed by atoms with van der Waals surface area (Å²) in [7, 11) is 0. The predicted octanol–water partition coefficient (Wildman–Crippen LogP) is -0.342. The van der Waals surface area contributed by atoms with Crippen LogP contribution in [0.1, 0.15) is 13.3 Å². The van der Waals surface area contributed by atoms with Gasteiger partial charge in [-0.3, -0.25) is 9.59 Å². The van der Waals surface area contributed by atoms with Crippen molar-refractivity contribution in [2.75, 3.05) is 18.1 Å². The first-order valence-electron chi connectivity index (χ1n) is 4.40. The van der Waals surface area contributed by atoms with Gasteiger partial charge in [-0.2, -0.15) is 11.8 Å². The van der Waals surface area contributed by atoms with Crippen LogP contribution >= 0.6 is 11.8 Å². The number of rotatable bonds is 7. The summed E-state index contributed by atoms with van der Waals surface area (Å²) in [6.07, 6.45) is 0.408. The molecule has 0 heterocycles. The minimum Gasteiger partial charge on any atom is -0.480 e. The molecule has 0 radical (unpaired) electrons. The Balaban J connectivity index is 3.37. The maximum absolute atomic E-state index is 10.9. The normalized spacial score (nSPS) is 12.1. The lowest BCUT2D eigenvalue weighted by Gasteiger charge is -2.05. The molecule has 0 bridgehead atoms. The molecule has 6 heteroatoms. The standard InChI is InChI=1S/C8H16N2O3S/c1-2-10-7(11)3-4-14-5-6(9)8(12)13/h6H,2-5,9H2,1H3,(H,10,11)(H,12,13). The Morgan fingerprint density at radius 2 is 2.21 bits per heavy atom. The van der Waals surface area contributed by atoms with Gasteiger partial charge >= 0.3 is 5.97 Å². The highest BCUT2D eigenvalue weighted by Crippen LogP contribution is 2.03. The van der Waals surface area contributed by atoms with Crippen LogP contribution in [0.2, 0.25) is 0 Å². The van der Waals surface area contributed by atoms with Gasteiger partial charge in [-0.15, -0.1) is 0 Å². The molecule has 5 nitrogen and oxygen atoms in total. The van der Waals surface area contributed by atoms with Crippen molar-refractivity contribution in [2.24, 2.45) is 5.73 Å². The van der Waals surface area contributed by atoms with E-state index >= 15 is 0 Å². The lowest BCUT2D eigenvalue weighted by molar-refractivity contribution is -0.137. The minimum absolute atomic E-state index is 0.0103. The molecule has 1 amide bonds. The number of carbonyl (C=O) groups is 2. The number of amides is 1. The molecule has 0 aromatic rings. The highest BCUT2D eigenvalue weighted by atomic mass is 32.2. The second-order valence-electron chi connectivity index (χ2n) is 2.72. The van der Waals surface area contributed by atoms with Crippen LogP contribution in [0, 0.1) is 0 Å². The Hall–Kier alpha value is -0.750. The van der Waals surface area contributed by atoms with Crippen LogP contribution in [0.5, 0.6) is 0 Å². The summed E-state index contributed by atoms with van der Waals surface area (Å²) >= 11 is 1.38. The quantitative estimate of drug-likeness (QED) is 0.510. The van der Waals surface area contributed by atoms with Crippen molar-refractivity contribution in [3.05, 3.63) is 0 Å². The van der Waals surface area contributed by atoms with E-state index in [1.807, 2.05) is 6.92 Å². The van der Waals surface area contributed by atoms with Crippen molar-refractivity contribution >= 4 is 23.6 Å². The van der Waals surface area contributed by atoms with Crippen LogP contribution in [-0.2, 0) is 9.59 Å². The molecule has 0 aromatic carbocycles. The molecule has 14 heavy (non-hydrogen) atoms. The highest BCUT2D eigenvalue weighted by Gasteiger charge is 2.10. The van der Waals surface area contributed by atoms with Gasteiger partial charge in [-0.25, -0.2) is 0 Å². The van der Waals surface area contributed by atoms with Gasteiger partial charge in [0.05, 0.1) is 0 Å². The van der Waals surface area contributed by atoms with Crippen molar-refractivity contribution in [1.29, 1.82) is 0 Å². The van der Waals surface area contributed by atoms with E-state index in [0.29, 0.717) is 24.5 Å². The first kappa shape index (κ1) is 13.2. The monoisotopic (exact) mass is 220 g/mol. The van der Waals surface area contributed by atoms with Crippen LogP contribution in [0.4, 0.5) is 0 Å². The lowest BCUT2D eigenvalue weighted by atomic mass is 10.4. The fraction of sp³-hybridized carbons (Fsp3) is 0.750. The summed E-state index contributed by atoms with van der Waals surface area (Å²) in [6, 6.07) is -0.839. The van der Waals surface area contributed by atoms with E-state index < -0.39 is 12.0 Å². The molecule has 82 valence electrons. The largest absolute Gasteiger partial charge is 0.480 e. The third kappa shape index (κ3) is 6.73. The van der Waals surface area contributed by atoms with E-state index in [4.69, 9.17) is 10.8 Å². The van der Waals surface area contributed by atoms with Gasteiger partial charge in [0.25, 0.3) is 0 Å².